The topological polar surface area (TPSA) is 20.2 Å². The maximum absolute atomic E-state index is 7.57. The fourth-order valence-electron chi connectivity index (χ4n) is 0. The molecule has 0 radical (unpaired) electrons. The van der Waals surface area contributed by atoms with Crippen LogP contribution in [0.4, 0.5) is 0 Å². The van der Waals surface area contributed by atoms with E-state index in [4.69, 9.17) is 5.11 Å². The van der Waals surface area contributed by atoms with Gasteiger partial charge in [-0.2, -0.15) is 0 Å². The van der Waals surface area contributed by atoms with Gasteiger partial charge >= 0.3 is 126 Å². The number of aliphatic hydroxyl groups is 1. The first kappa shape index (κ1) is 30.3. The van der Waals surface area contributed by atoms with Crippen LogP contribution in [-0.2, 0) is 0 Å². The molecule has 0 unspecified atom stereocenters. The third kappa shape index (κ3) is 38.8. The summed E-state index contributed by atoms with van der Waals surface area (Å²) in [4.78, 5) is 0. The molecule has 0 atom stereocenters. The Labute approximate surface area is 141 Å². The Morgan fingerprint density at radius 2 is 1.14 bits per heavy atom. The van der Waals surface area contributed by atoms with E-state index in [1.54, 1.807) is 6.92 Å². The van der Waals surface area contributed by atoms with Crippen LogP contribution in [0, 0.1) is 0 Å². The average molecular weight is 160 g/mol. The van der Waals surface area contributed by atoms with E-state index in [1.807, 2.05) is 0 Å². The summed E-state index contributed by atoms with van der Waals surface area (Å²) in [6.07, 6.45) is 0. The SMILES string of the molecule is CCO.[CaH2].[NaH].[NaH].[NaH]. The molecular weight excluding hydrogens is 149 g/mol. The molecule has 0 heterocycles. The third-order valence-corrected chi connectivity index (χ3v) is 0. The Hall–Kier alpha value is 4.22. The van der Waals surface area contributed by atoms with E-state index in [0.29, 0.717) is 0 Å². The van der Waals surface area contributed by atoms with Crippen molar-refractivity contribution in [3.05, 3.63) is 0 Å². The van der Waals surface area contributed by atoms with Crippen molar-refractivity contribution in [1.29, 1.82) is 0 Å². The van der Waals surface area contributed by atoms with E-state index >= 15 is 0 Å². The predicted octanol–water partition coefficient (Wildman–Crippen LogP) is -2.86. The van der Waals surface area contributed by atoms with Crippen molar-refractivity contribution in [2.75, 3.05) is 6.61 Å². The Kier molecular flexibility index (Phi) is 138. The van der Waals surface area contributed by atoms with Gasteiger partial charge in [0.25, 0.3) is 0 Å². The zero-order chi connectivity index (χ0) is 2.71. The predicted molar refractivity (Wildman–Crippen MR) is 42.8 cm³/mol. The summed E-state index contributed by atoms with van der Waals surface area (Å²) in [5, 5.41) is 7.57. The molecule has 30 valence electrons. The fourth-order valence-corrected chi connectivity index (χ4v) is 0. The average Bonchev–Trinajstić information content (AvgIpc) is 0.918. The molecule has 0 bridgehead atoms. The van der Waals surface area contributed by atoms with Gasteiger partial charge in [0.1, 0.15) is 0 Å². The fraction of sp³-hybridized carbons (Fsp3) is 1.00. The molecule has 0 spiro atoms. The second-order valence-electron chi connectivity index (χ2n) is 0.316. The quantitative estimate of drug-likeness (QED) is 0.378. The summed E-state index contributed by atoms with van der Waals surface area (Å²) in [6.45, 7) is 1.93. The van der Waals surface area contributed by atoms with E-state index in [-0.39, 0.29) is 133 Å². The van der Waals surface area contributed by atoms with Crippen molar-refractivity contribution in [2.24, 2.45) is 0 Å². The van der Waals surface area contributed by atoms with Crippen LogP contribution in [0.1, 0.15) is 6.92 Å². The molecule has 0 aliphatic heterocycles. The molecular formula is C2H11CaNa3O. The second kappa shape index (κ2) is 31.9. The Morgan fingerprint density at radius 1 is 1.14 bits per heavy atom. The first-order chi connectivity index (χ1) is 1.41. The van der Waals surface area contributed by atoms with Gasteiger partial charge in [0.15, 0.2) is 0 Å². The summed E-state index contributed by atoms with van der Waals surface area (Å²) in [5.41, 5.74) is 0. The van der Waals surface area contributed by atoms with Crippen molar-refractivity contribution < 1.29 is 5.11 Å². The molecule has 0 amide bonds. The number of hydrogen-bond acceptors (Lipinski definition) is 1. The zero-order valence-electron chi connectivity index (χ0n) is 2.15. The molecule has 0 aliphatic carbocycles. The minimum absolute atomic E-state index is 0. The molecule has 7 heavy (non-hydrogen) atoms. The normalized spacial score (nSPS) is 2.57. The standard InChI is InChI=1S/C2H6O.Ca.3Na.5H/c1-2-3;;;;;;;;;/h3H,2H2,1H3;;;;;;;;;. The van der Waals surface area contributed by atoms with Crippen LogP contribution in [0.2, 0.25) is 0 Å². The van der Waals surface area contributed by atoms with Gasteiger partial charge in [0, 0.05) is 6.61 Å². The van der Waals surface area contributed by atoms with E-state index in [1.165, 1.54) is 0 Å². The molecule has 0 saturated heterocycles. The number of hydrogen-bond donors (Lipinski definition) is 1. The van der Waals surface area contributed by atoms with E-state index in [2.05, 4.69) is 0 Å². The Morgan fingerprint density at radius 3 is 1.14 bits per heavy atom. The van der Waals surface area contributed by atoms with E-state index in [0.717, 1.165) is 0 Å². The van der Waals surface area contributed by atoms with Crippen molar-refractivity contribution in [3.8, 4) is 0 Å². The molecule has 0 aromatic carbocycles. The summed E-state index contributed by atoms with van der Waals surface area (Å²) in [5.74, 6) is 0. The van der Waals surface area contributed by atoms with Crippen molar-refractivity contribution >= 4 is 126 Å². The molecule has 0 rings (SSSR count). The summed E-state index contributed by atoms with van der Waals surface area (Å²) < 4.78 is 0. The van der Waals surface area contributed by atoms with Gasteiger partial charge in [-0.1, -0.05) is 0 Å². The van der Waals surface area contributed by atoms with Gasteiger partial charge in [0.2, 0.25) is 0 Å². The van der Waals surface area contributed by atoms with Crippen molar-refractivity contribution in [1.82, 2.24) is 0 Å². The molecule has 5 heteroatoms. The summed E-state index contributed by atoms with van der Waals surface area (Å²) in [7, 11) is 0. The zero-order valence-corrected chi connectivity index (χ0v) is 2.15. The van der Waals surface area contributed by atoms with Crippen molar-refractivity contribution in [2.45, 2.75) is 6.92 Å². The molecule has 0 aliphatic rings. The van der Waals surface area contributed by atoms with Crippen LogP contribution in [0.3, 0.4) is 0 Å². The third-order valence-electron chi connectivity index (χ3n) is 0. The Balaban J connectivity index is -0.00000000333. The monoisotopic (exact) mass is 160 g/mol. The van der Waals surface area contributed by atoms with Gasteiger partial charge in [-0.15, -0.1) is 0 Å². The van der Waals surface area contributed by atoms with Crippen LogP contribution >= 0.6 is 0 Å². The van der Waals surface area contributed by atoms with Crippen molar-refractivity contribution in [3.63, 3.8) is 0 Å². The summed E-state index contributed by atoms with van der Waals surface area (Å²) in [6, 6.07) is 0. The van der Waals surface area contributed by atoms with Crippen LogP contribution in [0.15, 0.2) is 0 Å². The maximum atomic E-state index is 7.57. The minimum atomic E-state index is 0. The van der Waals surface area contributed by atoms with Gasteiger partial charge in [0.05, 0.1) is 0 Å². The van der Waals surface area contributed by atoms with Crippen LogP contribution in [0.25, 0.3) is 0 Å². The number of rotatable bonds is 0. The second-order valence-corrected chi connectivity index (χ2v) is 0.316. The number of aliphatic hydroxyl groups excluding tert-OH is 1. The molecule has 1 N–H and O–H groups in total. The van der Waals surface area contributed by atoms with Gasteiger partial charge < -0.3 is 5.11 Å². The molecule has 0 aromatic rings. The molecule has 0 fully saturated rings. The first-order valence-electron chi connectivity index (χ1n) is 1.02. The van der Waals surface area contributed by atoms with Gasteiger partial charge in [-0.05, 0) is 6.92 Å². The van der Waals surface area contributed by atoms with Crippen LogP contribution in [-0.4, -0.2) is 138 Å². The first-order valence-corrected chi connectivity index (χ1v) is 1.02. The van der Waals surface area contributed by atoms with E-state index in [9.17, 15) is 0 Å². The molecule has 1 nitrogen and oxygen atoms in total. The van der Waals surface area contributed by atoms with Crippen LogP contribution < -0.4 is 0 Å². The summed E-state index contributed by atoms with van der Waals surface area (Å²) >= 11 is 0. The van der Waals surface area contributed by atoms with Crippen LogP contribution in [0.5, 0.6) is 0 Å². The van der Waals surface area contributed by atoms with E-state index < -0.39 is 0 Å². The Bertz CT molecular complexity index is 12.9. The molecule has 0 saturated carbocycles. The molecule has 0 aromatic heterocycles. The van der Waals surface area contributed by atoms with Gasteiger partial charge in [-0.25, -0.2) is 0 Å². The van der Waals surface area contributed by atoms with Gasteiger partial charge in [-0.3, -0.25) is 0 Å².